The molecule has 1 fully saturated rings. The number of rotatable bonds is 3. The van der Waals surface area contributed by atoms with Crippen molar-refractivity contribution in [3.05, 3.63) is 76.9 Å². The topological polar surface area (TPSA) is 51.0 Å². The molecule has 154 valence electrons. The summed E-state index contributed by atoms with van der Waals surface area (Å²) in [5.41, 5.74) is 0.710. The molecule has 0 radical (unpaired) electrons. The zero-order chi connectivity index (χ0) is 21.1. The van der Waals surface area contributed by atoms with E-state index < -0.39 is 17.6 Å². The van der Waals surface area contributed by atoms with Gasteiger partial charge in [-0.05, 0) is 48.2 Å². The highest BCUT2D eigenvalue weighted by Crippen LogP contribution is 2.49. The molecule has 0 spiro atoms. The number of aryl methyl sites for hydroxylation is 1. The minimum absolute atomic E-state index is 0.0343. The summed E-state index contributed by atoms with van der Waals surface area (Å²) < 4.78 is 42.2. The molecule has 5 nitrogen and oxygen atoms in total. The Morgan fingerprint density at radius 3 is 2.50 bits per heavy atom. The smallest absolute Gasteiger partial charge is 0.320 e. The number of anilines is 1. The summed E-state index contributed by atoms with van der Waals surface area (Å²) in [6.07, 6.45) is 0.0497. The summed E-state index contributed by atoms with van der Waals surface area (Å²) in [5.74, 6) is 0.455. The molecule has 3 aromatic rings. The summed E-state index contributed by atoms with van der Waals surface area (Å²) >= 11 is 0. The SMILES string of the molecule is Cn1cnnc1C1(c2cccc(N3Cc4c(cccc4C(F)(F)F)C3=O)c2)CCC1. The first-order chi connectivity index (χ1) is 14.3. The molecular weight excluding hydrogens is 393 g/mol. The van der Waals surface area contributed by atoms with Crippen molar-refractivity contribution in [3.63, 3.8) is 0 Å². The van der Waals surface area contributed by atoms with Crippen LogP contribution in [0.1, 0.15) is 52.1 Å². The minimum atomic E-state index is -4.50. The van der Waals surface area contributed by atoms with Crippen molar-refractivity contribution in [2.75, 3.05) is 4.90 Å². The van der Waals surface area contributed by atoms with Crippen molar-refractivity contribution in [2.24, 2.45) is 7.05 Å². The number of alkyl halides is 3. The first kappa shape index (κ1) is 18.8. The van der Waals surface area contributed by atoms with Crippen molar-refractivity contribution in [2.45, 2.75) is 37.4 Å². The van der Waals surface area contributed by atoms with Crippen LogP contribution in [0.5, 0.6) is 0 Å². The summed E-state index contributed by atoms with van der Waals surface area (Å²) in [6.45, 7) is -0.0930. The number of hydrogen-bond acceptors (Lipinski definition) is 3. The van der Waals surface area contributed by atoms with E-state index in [1.807, 2.05) is 29.8 Å². The van der Waals surface area contributed by atoms with Crippen molar-refractivity contribution in [1.29, 1.82) is 0 Å². The highest BCUT2D eigenvalue weighted by molar-refractivity contribution is 6.10. The van der Waals surface area contributed by atoms with Crippen LogP contribution in [0.4, 0.5) is 18.9 Å². The van der Waals surface area contributed by atoms with E-state index >= 15 is 0 Å². The molecule has 5 rings (SSSR count). The van der Waals surface area contributed by atoms with Gasteiger partial charge in [0.05, 0.1) is 17.5 Å². The van der Waals surface area contributed by atoms with Crippen LogP contribution in [0.25, 0.3) is 0 Å². The summed E-state index contributed by atoms with van der Waals surface area (Å²) in [6, 6.07) is 11.3. The van der Waals surface area contributed by atoms with Crippen LogP contribution in [0.3, 0.4) is 0 Å². The zero-order valence-corrected chi connectivity index (χ0v) is 16.3. The Bertz CT molecular complexity index is 1150. The lowest BCUT2D eigenvalue weighted by molar-refractivity contribution is -0.138. The molecule has 0 unspecified atom stereocenters. The second-order valence-electron chi connectivity index (χ2n) is 7.97. The minimum Gasteiger partial charge on any atom is -0.320 e. The van der Waals surface area contributed by atoms with Crippen molar-refractivity contribution in [1.82, 2.24) is 14.8 Å². The Labute approximate surface area is 171 Å². The first-order valence-corrected chi connectivity index (χ1v) is 9.77. The van der Waals surface area contributed by atoms with Gasteiger partial charge in [-0.15, -0.1) is 10.2 Å². The average molecular weight is 412 g/mol. The summed E-state index contributed by atoms with van der Waals surface area (Å²) in [4.78, 5) is 14.4. The molecular formula is C22H19F3N4O. The van der Waals surface area contributed by atoms with Gasteiger partial charge in [0.1, 0.15) is 12.2 Å². The molecule has 0 atom stereocenters. The van der Waals surface area contributed by atoms with E-state index in [9.17, 15) is 18.0 Å². The van der Waals surface area contributed by atoms with Gasteiger partial charge in [-0.25, -0.2) is 0 Å². The number of benzene rings is 2. The molecule has 0 N–H and O–H groups in total. The van der Waals surface area contributed by atoms with E-state index in [2.05, 4.69) is 10.2 Å². The second kappa shape index (κ2) is 6.42. The second-order valence-corrected chi connectivity index (χ2v) is 7.97. The number of fused-ring (bicyclic) bond motifs is 1. The number of amides is 1. The molecule has 2 aliphatic rings. The highest BCUT2D eigenvalue weighted by atomic mass is 19.4. The van der Waals surface area contributed by atoms with E-state index in [-0.39, 0.29) is 23.1 Å². The number of nitrogens with zero attached hydrogens (tertiary/aromatic N) is 4. The molecule has 0 bridgehead atoms. The zero-order valence-electron chi connectivity index (χ0n) is 16.3. The standard InChI is InChI=1S/C22H19F3N4O/c1-28-13-26-27-20(28)21(9-4-10-21)14-5-2-6-15(11-14)29-12-17-16(19(29)30)7-3-8-18(17)22(23,24)25/h2-3,5-8,11,13H,4,9-10,12H2,1H3. The maximum atomic E-state index is 13.4. The molecule has 30 heavy (non-hydrogen) atoms. The normalized spacial score (nSPS) is 17.7. The van der Waals surface area contributed by atoms with E-state index in [1.165, 1.54) is 17.0 Å². The Balaban J connectivity index is 1.54. The number of halogens is 3. The van der Waals surface area contributed by atoms with Crippen LogP contribution in [0.15, 0.2) is 48.8 Å². The predicted octanol–water partition coefficient (Wildman–Crippen LogP) is 4.46. The van der Waals surface area contributed by atoms with E-state index in [0.29, 0.717) is 5.69 Å². The largest absolute Gasteiger partial charge is 0.416 e. The third kappa shape index (κ3) is 2.66. The lowest BCUT2D eigenvalue weighted by Crippen LogP contribution is -2.38. The van der Waals surface area contributed by atoms with Gasteiger partial charge in [0.2, 0.25) is 0 Å². The lowest BCUT2D eigenvalue weighted by Gasteiger charge is -2.41. The van der Waals surface area contributed by atoms with Gasteiger partial charge in [-0.1, -0.05) is 24.6 Å². The number of carbonyl (C=O) groups is 1. The summed E-state index contributed by atoms with van der Waals surface area (Å²) in [7, 11) is 1.90. The number of carbonyl (C=O) groups excluding carboxylic acids is 1. The monoisotopic (exact) mass is 412 g/mol. The van der Waals surface area contributed by atoms with Gasteiger partial charge < -0.3 is 9.47 Å². The lowest BCUT2D eigenvalue weighted by atomic mass is 9.63. The third-order valence-corrected chi connectivity index (χ3v) is 6.33. The molecule has 2 heterocycles. The molecule has 1 amide bonds. The van der Waals surface area contributed by atoms with Gasteiger partial charge in [-0.2, -0.15) is 13.2 Å². The highest BCUT2D eigenvalue weighted by Gasteiger charge is 2.45. The quantitative estimate of drug-likeness (QED) is 0.638. The fourth-order valence-corrected chi connectivity index (χ4v) is 4.67. The Hall–Kier alpha value is -3.16. The van der Waals surface area contributed by atoms with Crippen molar-refractivity contribution in [3.8, 4) is 0 Å². The maximum Gasteiger partial charge on any atom is 0.416 e. The third-order valence-electron chi connectivity index (χ3n) is 6.33. The van der Waals surface area contributed by atoms with E-state index in [4.69, 9.17) is 0 Å². The Kier molecular flexibility index (Phi) is 4.03. The first-order valence-electron chi connectivity index (χ1n) is 9.77. The van der Waals surface area contributed by atoms with Crippen molar-refractivity contribution >= 4 is 11.6 Å². The van der Waals surface area contributed by atoms with Crippen LogP contribution in [-0.4, -0.2) is 20.7 Å². The molecule has 1 aliphatic heterocycles. The molecule has 1 aromatic heterocycles. The molecule has 1 saturated carbocycles. The van der Waals surface area contributed by atoms with Gasteiger partial charge in [0.25, 0.3) is 5.91 Å². The van der Waals surface area contributed by atoms with Crippen LogP contribution < -0.4 is 4.90 Å². The average Bonchev–Trinajstić information content (AvgIpc) is 3.24. The Morgan fingerprint density at radius 1 is 1.10 bits per heavy atom. The van der Waals surface area contributed by atoms with Crippen LogP contribution in [0, 0.1) is 0 Å². The summed E-state index contributed by atoms with van der Waals surface area (Å²) in [5, 5.41) is 8.32. The maximum absolute atomic E-state index is 13.4. The molecule has 1 aliphatic carbocycles. The fraction of sp³-hybridized carbons (Fsp3) is 0.318. The molecule has 8 heteroatoms. The fourth-order valence-electron chi connectivity index (χ4n) is 4.67. The van der Waals surface area contributed by atoms with Gasteiger partial charge >= 0.3 is 6.18 Å². The van der Waals surface area contributed by atoms with Crippen LogP contribution in [0.2, 0.25) is 0 Å². The van der Waals surface area contributed by atoms with E-state index in [0.717, 1.165) is 36.7 Å². The molecule has 0 saturated heterocycles. The van der Waals surface area contributed by atoms with Crippen molar-refractivity contribution < 1.29 is 18.0 Å². The van der Waals surface area contributed by atoms with Crippen LogP contribution >= 0.6 is 0 Å². The van der Waals surface area contributed by atoms with Gasteiger partial charge in [0.15, 0.2) is 0 Å². The van der Waals surface area contributed by atoms with E-state index in [1.54, 1.807) is 12.4 Å². The number of aromatic nitrogens is 3. The predicted molar refractivity (Wildman–Crippen MR) is 104 cm³/mol. The molecule has 2 aromatic carbocycles. The van der Waals surface area contributed by atoms with Crippen LogP contribution in [-0.2, 0) is 25.2 Å². The number of hydrogen-bond donors (Lipinski definition) is 0. The Morgan fingerprint density at radius 2 is 1.87 bits per heavy atom. The van der Waals surface area contributed by atoms with Gasteiger partial charge in [-0.3, -0.25) is 4.79 Å². The van der Waals surface area contributed by atoms with Gasteiger partial charge in [0, 0.05) is 18.3 Å².